The fourth-order valence-corrected chi connectivity index (χ4v) is 6.27. The smallest absolute Gasteiger partial charge is 0.344 e. The second-order valence-electron chi connectivity index (χ2n) is 16.7. The van der Waals surface area contributed by atoms with Gasteiger partial charge in [0.1, 0.15) is 28.3 Å². The van der Waals surface area contributed by atoms with E-state index >= 15 is 0 Å². The number of hydrogen-bond acceptors (Lipinski definition) is 10. The third-order valence-corrected chi connectivity index (χ3v) is 8.45. The molecule has 0 amide bonds. The van der Waals surface area contributed by atoms with Crippen molar-refractivity contribution in [3.63, 3.8) is 0 Å². The number of rotatable bonds is 13. The highest BCUT2D eigenvalue weighted by molar-refractivity contribution is 5.74. The number of methoxy groups -OCH3 is 1. The number of ether oxygens (including phenoxy) is 7. The van der Waals surface area contributed by atoms with Crippen molar-refractivity contribution >= 4 is 17.9 Å². The zero-order valence-corrected chi connectivity index (χ0v) is 35.2. The molecular weight excluding hydrogens is 688 g/mol. The van der Waals surface area contributed by atoms with Crippen molar-refractivity contribution < 1.29 is 47.5 Å². The molecule has 296 valence electrons. The van der Waals surface area contributed by atoms with Crippen LogP contribution in [0.1, 0.15) is 118 Å². The van der Waals surface area contributed by atoms with Gasteiger partial charge < -0.3 is 33.2 Å². The largest absolute Gasteiger partial charge is 0.493 e. The topological polar surface area (TPSA) is 116 Å². The molecular formula is C44H60O10. The Morgan fingerprint density at radius 1 is 0.537 bits per heavy atom. The summed E-state index contributed by atoms with van der Waals surface area (Å²) in [5, 5.41) is 0. The molecule has 10 heteroatoms. The van der Waals surface area contributed by atoms with Crippen molar-refractivity contribution in [1.29, 1.82) is 0 Å². The third-order valence-electron chi connectivity index (χ3n) is 8.45. The van der Waals surface area contributed by atoms with Crippen LogP contribution in [0, 0.1) is 41.5 Å². The molecule has 0 fully saturated rings. The molecule has 10 nitrogen and oxygen atoms in total. The molecule has 0 saturated carbocycles. The molecule has 0 spiro atoms. The molecule has 0 atom stereocenters. The van der Waals surface area contributed by atoms with Gasteiger partial charge in [-0.1, -0.05) is 24.3 Å². The molecule has 0 N–H and O–H groups in total. The molecule has 0 heterocycles. The Morgan fingerprint density at radius 2 is 0.889 bits per heavy atom. The number of aryl methyl sites for hydroxylation is 4. The Bertz CT molecular complexity index is 1760. The monoisotopic (exact) mass is 748 g/mol. The SMILES string of the molecule is COc1cccc(C(c2c(C)cc(C)c(C)c2OCC(=O)OC(C)(C)C)c2c(C)cc(C)c(C)c2OCC(=O)OC(C)(C)C)c1OCC(=O)OC(C)(C)C. The van der Waals surface area contributed by atoms with Gasteiger partial charge in [0.25, 0.3) is 0 Å². The van der Waals surface area contributed by atoms with E-state index < -0.39 is 40.6 Å². The fourth-order valence-electron chi connectivity index (χ4n) is 6.27. The number of benzene rings is 3. The van der Waals surface area contributed by atoms with E-state index in [1.807, 2.05) is 53.7 Å². The van der Waals surface area contributed by atoms with Crippen molar-refractivity contribution in [2.24, 2.45) is 0 Å². The van der Waals surface area contributed by atoms with Gasteiger partial charge in [0, 0.05) is 22.6 Å². The molecule has 3 aromatic carbocycles. The van der Waals surface area contributed by atoms with Gasteiger partial charge in [-0.05, 0) is 143 Å². The minimum absolute atomic E-state index is 0.308. The predicted octanol–water partition coefficient (Wildman–Crippen LogP) is 8.89. The van der Waals surface area contributed by atoms with E-state index in [0.717, 1.165) is 44.5 Å². The molecule has 3 rings (SSSR count). The van der Waals surface area contributed by atoms with Crippen LogP contribution in [0.2, 0.25) is 0 Å². The van der Waals surface area contributed by atoms with E-state index in [0.29, 0.717) is 28.6 Å². The first-order valence-electron chi connectivity index (χ1n) is 18.3. The van der Waals surface area contributed by atoms with Crippen molar-refractivity contribution in [2.45, 2.75) is 127 Å². The molecule has 0 aromatic heterocycles. The van der Waals surface area contributed by atoms with Gasteiger partial charge in [-0.15, -0.1) is 0 Å². The van der Waals surface area contributed by atoms with Crippen LogP contribution in [0.5, 0.6) is 23.0 Å². The van der Waals surface area contributed by atoms with Gasteiger partial charge >= 0.3 is 17.9 Å². The van der Waals surface area contributed by atoms with Crippen molar-refractivity contribution in [2.75, 3.05) is 26.9 Å². The van der Waals surface area contributed by atoms with Crippen LogP contribution in [-0.4, -0.2) is 61.6 Å². The summed E-state index contributed by atoms with van der Waals surface area (Å²) in [6, 6.07) is 9.63. The van der Waals surface area contributed by atoms with Gasteiger partial charge in [-0.25, -0.2) is 14.4 Å². The zero-order valence-electron chi connectivity index (χ0n) is 35.2. The molecule has 0 bridgehead atoms. The molecule has 0 radical (unpaired) electrons. The van der Waals surface area contributed by atoms with Crippen LogP contribution in [0.15, 0.2) is 30.3 Å². The molecule has 0 aliphatic carbocycles. The molecule has 0 aliphatic rings. The number of carbonyl (C=O) groups excluding carboxylic acids is 3. The first kappa shape index (κ1) is 43.7. The van der Waals surface area contributed by atoms with Crippen LogP contribution >= 0.6 is 0 Å². The summed E-state index contributed by atoms with van der Waals surface area (Å²) in [5.41, 5.74) is 5.22. The zero-order chi connectivity index (χ0) is 40.9. The van der Waals surface area contributed by atoms with Crippen LogP contribution in [-0.2, 0) is 28.6 Å². The van der Waals surface area contributed by atoms with Gasteiger partial charge in [-0.2, -0.15) is 0 Å². The van der Waals surface area contributed by atoms with E-state index in [1.165, 1.54) is 7.11 Å². The summed E-state index contributed by atoms with van der Waals surface area (Å²) >= 11 is 0. The molecule has 0 aliphatic heterocycles. The Hall–Kier alpha value is -4.73. The number of hydrogen-bond donors (Lipinski definition) is 0. The van der Waals surface area contributed by atoms with Crippen LogP contribution in [0.4, 0.5) is 0 Å². The summed E-state index contributed by atoms with van der Waals surface area (Å²) in [7, 11) is 1.53. The number of esters is 3. The van der Waals surface area contributed by atoms with E-state index in [4.69, 9.17) is 33.2 Å². The standard InChI is InChI=1S/C44H60O10/c1-25-20-27(3)36(39(29(25)5)49-22-33(45)52-42(7,8)9)38(31-18-17-19-32(48-16)41(31)51-24-35(47)54-44(13,14)15)37-28(4)21-26(2)30(6)40(37)50-23-34(46)53-43(10,11)12/h17-21,38H,22-24H2,1-16H3. The first-order chi connectivity index (χ1) is 24.8. The van der Waals surface area contributed by atoms with Gasteiger partial charge in [0.15, 0.2) is 31.3 Å². The van der Waals surface area contributed by atoms with Crippen molar-refractivity contribution in [3.05, 3.63) is 80.4 Å². The first-order valence-corrected chi connectivity index (χ1v) is 18.3. The van der Waals surface area contributed by atoms with E-state index in [9.17, 15) is 14.4 Å². The second-order valence-corrected chi connectivity index (χ2v) is 16.7. The lowest BCUT2D eigenvalue weighted by molar-refractivity contribution is -0.158. The van der Waals surface area contributed by atoms with E-state index in [-0.39, 0.29) is 19.8 Å². The van der Waals surface area contributed by atoms with Crippen molar-refractivity contribution in [3.8, 4) is 23.0 Å². The number of para-hydroxylation sites is 1. The van der Waals surface area contributed by atoms with Crippen LogP contribution in [0.25, 0.3) is 0 Å². The number of carbonyl (C=O) groups is 3. The Morgan fingerprint density at radius 3 is 1.22 bits per heavy atom. The second kappa shape index (κ2) is 17.2. The highest BCUT2D eigenvalue weighted by Gasteiger charge is 2.34. The summed E-state index contributed by atoms with van der Waals surface area (Å²) < 4.78 is 41.9. The quantitative estimate of drug-likeness (QED) is 0.0954. The predicted molar refractivity (Wildman–Crippen MR) is 209 cm³/mol. The maximum atomic E-state index is 13.1. The molecule has 54 heavy (non-hydrogen) atoms. The summed E-state index contributed by atoms with van der Waals surface area (Å²) in [5.74, 6) is -0.623. The Kier molecular flexibility index (Phi) is 13.9. The molecule has 0 unspecified atom stereocenters. The molecule has 3 aromatic rings. The Labute approximate surface area is 321 Å². The summed E-state index contributed by atoms with van der Waals surface area (Å²) in [6.07, 6.45) is 0. The summed E-state index contributed by atoms with van der Waals surface area (Å²) in [4.78, 5) is 39.1. The lowest BCUT2D eigenvalue weighted by Gasteiger charge is -2.31. The highest BCUT2D eigenvalue weighted by Crippen LogP contribution is 2.51. The lowest BCUT2D eigenvalue weighted by atomic mass is 9.77. The average Bonchev–Trinajstić information content (AvgIpc) is 3.01. The van der Waals surface area contributed by atoms with Gasteiger partial charge in [0.2, 0.25) is 0 Å². The lowest BCUT2D eigenvalue weighted by Crippen LogP contribution is -2.28. The van der Waals surface area contributed by atoms with Crippen molar-refractivity contribution in [1.82, 2.24) is 0 Å². The van der Waals surface area contributed by atoms with Gasteiger partial charge in [-0.3, -0.25) is 0 Å². The minimum Gasteiger partial charge on any atom is -0.493 e. The van der Waals surface area contributed by atoms with Crippen LogP contribution < -0.4 is 18.9 Å². The maximum absolute atomic E-state index is 13.1. The van der Waals surface area contributed by atoms with E-state index in [1.54, 1.807) is 68.4 Å². The molecule has 0 saturated heterocycles. The highest BCUT2D eigenvalue weighted by atomic mass is 16.6. The Balaban J connectivity index is 2.45. The van der Waals surface area contributed by atoms with Gasteiger partial charge in [0.05, 0.1) is 7.11 Å². The minimum atomic E-state index is -0.722. The van der Waals surface area contributed by atoms with Crippen LogP contribution in [0.3, 0.4) is 0 Å². The van der Waals surface area contributed by atoms with E-state index in [2.05, 4.69) is 12.1 Å². The maximum Gasteiger partial charge on any atom is 0.344 e. The normalized spacial score (nSPS) is 11.9. The summed E-state index contributed by atoms with van der Waals surface area (Å²) in [6.45, 7) is 26.9. The third kappa shape index (κ3) is 11.6. The average molecular weight is 749 g/mol. The fraction of sp³-hybridized carbons (Fsp3) is 0.523.